The second-order valence-electron chi connectivity index (χ2n) is 7.06. The molecule has 0 atom stereocenters. The van der Waals surface area contributed by atoms with Gasteiger partial charge in [0.25, 0.3) is 11.6 Å². The number of amides is 1. The largest absolute Gasteiger partial charge is 0.351 e. The molecule has 6 nitrogen and oxygen atoms in total. The van der Waals surface area contributed by atoms with Crippen molar-refractivity contribution in [1.29, 1.82) is 5.26 Å². The summed E-state index contributed by atoms with van der Waals surface area (Å²) in [6.45, 7) is 2.36. The number of carbonyl (C=O) groups is 1. The van der Waals surface area contributed by atoms with Gasteiger partial charge in [-0.2, -0.15) is 5.26 Å². The molecule has 0 fully saturated rings. The molecule has 3 aromatic carbocycles. The van der Waals surface area contributed by atoms with Crippen LogP contribution >= 0.6 is 11.8 Å². The Balaban J connectivity index is 1.74. The first kappa shape index (κ1) is 22.8. The summed E-state index contributed by atoms with van der Waals surface area (Å²) in [5, 5.41) is 23.7. The maximum atomic E-state index is 12.4. The topological polar surface area (TPSA) is 96.0 Å². The second kappa shape index (κ2) is 10.9. The number of nitro groups is 1. The van der Waals surface area contributed by atoms with Crippen LogP contribution < -0.4 is 5.32 Å². The normalized spacial score (nSPS) is 10.9. The third kappa shape index (κ3) is 6.30. The van der Waals surface area contributed by atoms with Gasteiger partial charge in [-0.3, -0.25) is 14.9 Å². The zero-order valence-corrected chi connectivity index (χ0v) is 18.3. The lowest BCUT2D eigenvalue weighted by Gasteiger charge is -2.06. The maximum Gasteiger partial charge on any atom is 0.283 e. The minimum absolute atomic E-state index is 0.0777. The van der Waals surface area contributed by atoms with Crippen LogP contribution in [0.4, 0.5) is 5.69 Å². The smallest absolute Gasteiger partial charge is 0.283 e. The Bertz CT molecular complexity index is 1180. The number of hydrogen-bond donors (Lipinski definition) is 1. The highest BCUT2D eigenvalue weighted by atomic mass is 32.2. The standard InChI is InChI=1S/C25H21N3O3S/c1-18-7-10-22(11-8-18)32-24-12-9-20(16-23(24)28(30)31)15-21(17-26)25(29)27-14-13-19-5-3-2-4-6-19/h2-12,15-16H,13-14H2,1H3,(H,27,29)/b21-15+. The number of carbonyl (C=O) groups excluding carboxylic acids is 1. The van der Waals surface area contributed by atoms with E-state index in [2.05, 4.69) is 5.32 Å². The summed E-state index contributed by atoms with van der Waals surface area (Å²) in [6, 6.07) is 24.0. The molecular formula is C25H21N3O3S. The van der Waals surface area contributed by atoms with Crippen molar-refractivity contribution in [2.75, 3.05) is 6.54 Å². The van der Waals surface area contributed by atoms with E-state index < -0.39 is 10.8 Å². The molecule has 1 N–H and O–H groups in total. The van der Waals surface area contributed by atoms with Gasteiger partial charge in [-0.05, 0) is 48.7 Å². The van der Waals surface area contributed by atoms with E-state index in [1.807, 2.05) is 67.6 Å². The second-order valence-corrected chi connectivity index (χ2v) is 8.18. The molecule has 0 saturated carbocycles. The van der Waals surface area contributed by atoms with Gasteiger partial charge in [-0.25, -0.2) is 0 Å². The first-order valence-electron chi connectivity index (χ1n) is 9.93. The maximum absolute atomic E-state index is 12.4. The zero-order chi connectivity index (χ0) is 22.9. The van der Waals surface area contributed by atoms with Gasteiger partial charge in [-0.15, -0.1) is 0 Å². The highest BCUT2D eigenvalue weighted by molar-refractivity contribution is 7.99. The molecule has 1 amide bonds. The zero-order valence-electron chi connectivity index (χ0n) is 17.4. The summed E-state index contributed by atoms with van der Waals surface area (Å²) in [4.78, 5) is 24.9. The van der Waals surface area contributed by atoms with Crippen LogP contribution in [0, 0.1) is 28.4 Å². The highest BCUT2D eigenvalue weighted by Gasteiger charge is 2.16. The summed E-state index contributed by atoms with van der Waals surface area (Å²) in [7, 11) is 0. The van der Waals surface area contributed by atoms with Crippen molar-refractivity contribution < 1.29 is 9.72 Å². The molecule has 0 aromatic heterocycles. The van der Waals surface area contributed by atoms with Gasteiger partial charge in [0.15, 0.2) is 0 Å². The minimum atomic E-state index is -0.510. The fourth-order valence-electron chi connectivity index (χ4n) is 2.96. The van der Waals surface area contributed by atoms with E-state index in [-0.39, 0.29) is 11.3 Å². The lowest BCUT2D eigenvalue weighted by molar-refractivity contribution is -0.387. The van der Waals surface area contributed by atoms with E-state index >= 15 is 0 Å². The molecule has 3 rings (SSSR count). The molecule has 32 heavy (non-hydrogen) atoms. The monoisotopic (exact) mass is 443 g/mol. The predicted molar refractivity (Wildman–Crippen MR) is 125 cm³/mol. The molecule has 0 spiro atoms. The average molecular weight is 444 g/mol. The predicted octanol–water partition coefficient (Wildman–Crippen LogP) is 5.32. The molecule has 0 heterocycles. The van der Waals surface area contributed by atoms with Gasteiger partial charge >= 0.3 is 0 Å². The Labute approximate surface area is 190 Å². The number of nitriles is 1. The van der Waals surface area contributed by atoms with Gasteiger partial charge in [0.05, 0.1) is 9.82 Å². The molecule has 160 valence electrons. The van der Waals surface area contributed by atoms with Crippen LogP contribution in [0.1, 0.15) is 16.7 Å². The Morgan fingerprint density at radius 3 is 2.50 bits per heavy atom. The first-order chi connectivity index (χ1) is 15.5. The quantitative estimate of drug-likeness (QED) is 0.220. The van der Waals surface area contributed by atoms with Crippen LogP contribution in [-0.4, -0.2) is 17.4 Å². The molecule has 0 aliphatic heterocycles. The molecule has 0 unspecified atom stereocenters. The van der Waals surface area contributed by atoms with Gasteiger partial charge in [-0.1, -0.05) is 65.9 Å². The molecular weight excluding hydrogens is 422 g/mol. The minimum Gasteiger partial charge on any atom is -0.351 e. The van der Waals surface area contributed by atoms with E-state index in [4.69, 9.17) is 0 Å². The summed E-state index contributed by atoms with van der Waals surface area (Å²) >= 11 is 1.29. The van der Waals surface area contributed by atoms with Gasteiger partial charge in [0.1, 0.15) is 11.6 Å². The van der Waals surface area contributed by atoms with Crippen LogP contribution in [0.3, 0.4) is 0 Å². The van der Waals surface area contributed by atoms with Crippen LogP contribution in [0.2, 0.25) is 0 Å². The van der Waals surface area contributed by atoms with E-state index in [0.717, 1.165) is 16.0 Å². The molecule has 0 radical (unpaired) electrons. The van der Waals surface area contributed by atoms with Crippen molar-refractivity contribution in [2.45, 2.75) is 23.1 Å². The van der Waals surface area contributed by atoms with Gasteiger partial charge < -0.3 is 5.32 Å². The third-order valence-corrected chi connectivity index (χ3v) is 5.72. The summed E-state index contributed by atoms with van der Waals surface area (Å²) < 4.78 is 0. The van der Waals surface area contributed by atoms with E-state index in [1.165, 1.54) is 23.9 Å². The van der Waals surface area contributed by atoms with Crippen LogP contribution in [-0.2, 0) is 11.2 Å². The SMILES string of the molecule is Cc1ccc(Sc2ccc(/C=C(\C#N)C(=O)NCCc3ccccc3)cc2[N+](=O)[O-])cc1. The fourth-order valence-corrected chi connectivity index (χ4v) is 3.86. The highest BCUT2D eigenvalue weighted by Crippen LogP contribution is 2.35. The lowest BCUT2D eigenvalue weighted by Crippen LogP contribution is -2.26. The summed E-state index contributed by atoms with van der Waals surface area (Å²) in [6.07, 6.45) is 2.01. The van der Waals surface area contributed by atoms with Crippen molar-refractivity contribution in [3.63, 3.8) is 0 Å². The number of benzene rings is 3. The fraction of sp³-hybridized carbons (Fsp3) is 0.120. The third-order valence-electron chi connectivity index (χ3n) is 4.65. The molecule has 3 aromatic rings. The molecule has 0 bridgehead atoms. The lowest BCUT2D eigenvalue weighted by atomic mass is 10.1. The molecule has 7 heteroatoms. The molecule has 0 aliphatic rings. The van der Waals surface area contributed by atoms with Crippen LogP contribution in [0.5, 0.6) is 0 Å². The number of nitrogens with one attached hydrogen (secondary N) is 1. The Morgan fingerprint density at radius 1 is 1.12 bits per heavy atom. The number of aryl methyl sites for hydroxylation is 1. The Morgan fingerprint density at radius 2 is 1.84 bits per heavy atom. The number of nitro benzene ring substituents is 1. The average Bonchev–Trinajstić information content (AvgIpc) is 2.80. The summed E-state index contributed by atoms with van der Waals surface area (Å²) in [5.41, 5.74) is 2.42. The van der Waals surface area contributed by atoms with Crippen molar-refractivity contribution in [1.82, 2.24) is 5.32 Å². The van der Waals surface area contributed by atoms with Crippen molar-refractivity contribution in [3.8, 4) is 6.07 Å². The van der Waals surface area contributed by atoms with Crippen molar-refractivity contribution in [3.05, 3.63) is 105 Å². The first-order valence-corrected chi connectivity index (χ1v) is 10.7. The van der Waals surface area contributed by atoms with E-state index in [0.29, 0.717) is 23.4 Å². The van der Waals surface area contributed by atoms with E-state index in [1.54, 1.807) is 12.1 Å². The van der Waals surface area contributed by atoms with Crippen LogP contribution in [0.15, 0.2) is 88.2 Å². The van der Waals surface area contributed by atoms with E-state index in [9.17, 15) is 20.2 Å². The Hall–Kier alpha value is -3.89. The Kier molecular flexibility index (Phi) is 7.79. The number of nitrogens with zero attached hydrogens (tertiary/aromatic N) is 2. The number of rotatable bonds is 8. The summed E-state index contributed by atoms with van der Waals surface area (Å²) in [5.74, 6) is -0.510. The van der Waals surface area contributed by atoms with Gasteiger partial charge in [0.2, 0.25) is 0 Å². The van der Waals surface area contributed by atoms with Gasteiger partial charge in [0, 0.05) is 17.5 Å². The molecule has 0 aliphatic carbocycles. The number of hydrogen-bond acceptors (Lipinski definition) is 5. The van der Waals surface area contributed by atoms with Crippen LogP contribution in [0.25, 0.3) is 6.08 Å². The molecule has 0 saturated heterocycles. The van der Waals surface area contributed by atoms with Crippen molar-refractivity contribution in [2.24, 2.45) is 0 Å². The van der Waals surface area contributed by atoms with Crippen molar-refractivity contribution >= 4 is 29.4 Å².